The van der Waals surface area contributed by atoms with E-state index in [1.165, 1.54) is 11.3 Å². The number of amides is 1. The average Bonchev–Trinajstić information content (AvgIpc) is 2.30. The van der Waals surface area contributed by atoms with Crippen LogP contribution in [0.15, 0.2) is 0 Å². The number of aromatic nitrogens is 1. The summed E-state index contributed by atoms with van der Waals surface area (Å²) in [5.74, 6) is -0.150. The summed E-state index contributed by atoms with van der Waals surface area (Å²) < 4.78 is 0. The van der Waals surface area contributed by atoms with Crippen molar-refractivity contribution in [2.75, 3.05) is 12.3 Å². The highest BCUT2D eigenvalue weighted by Gasteiger charge is 2.12. The lowest BCUT2D eigenvalue weighted by Crippen LogP contribution is -2.23. The SMILES string of the molecule is CCNC(=O)c1nc(N)sc1C. The van der Waals surface area contributed by atoms with E-state index in [1.54, 1.807) is 0 Å². The van der Waals surface area contributed by atoms with Gasteiger partial charge in [-0.2, -0.15) is 0 Å². The maximum Gasteiger partial charge on any atom is 0.271 e. The van der Waals surface area contributed by atoms with Crippen LogP contribution in [-0.2, 0) is 0 Å². The molecular formula is C7H11N3OS. The van der Waals surface area contributed by atoms with Gasteiger partial charge in [0.15, 0.2) is 5.13 Å². The monoisotopic (exact) mass is 185 g/mol. The lowest BCUT2D eigenvalue weighted by Gasteiger charge is -1.97. The minimum Gasteiger partial charge on any atom is -0.375 e. The van der Waals surface area contributed by atoms with Gasteiger partial charge in [0.05, 0.1) is 0 Å². The Bertz CT molecular complexity index is 295. The van der Waals surface area contributed by atoms with Crippen LogP contribution in [0.5, 0.6) is 0 Å². The van der Waals surface area contributed by atoms with Crippen molar-refractivity contribution in [3.8, 4) is 0 Å². The van der Waals surface area contributed by atoms with Crippen LogP contribution in [0.4, 0.5) is 5.13 Å². The molecule has 0 bridgehead atoms. The second-order valence-electron chi connectivity index (χ2n) is 2.32. The number of nitrogen functional groups attached to an aromatic ring is 1. The molecule has 0 aliphatic rings. The maximum atomic E-state index is 11.3. The number of nitrogens with two attached hydrogens (primary N) is 1. The number of hydrogen-bond acceptors (Lipinski definition) is 4. The Kier molecular flexibility index (Phi) is 2.65. The average molecular weight is 185 g/mol. The highest BCUT2D eigenvalue weighted by molar-refractivity contribution is 7.15. The summed E-state index contributed by atoms with van der Waals surface area (Å²) in [5, 5.41) is 3.10. The van der Waals surface area contributed by atoms with Crippen molar-refractivity contribution >= 4 is 22.4 Å². The van der Waals surface area contributed by atoms with Crippen LogP contribution in [0, 0.1) is 6.92 Å². The van der Waals surface area contributed by atoms with E-state index in [0.717, 1.165) is 4.88 Å². The smallest absolute Gasteiger partial charge is 0.271 e. The van der Waals surface area contributed by atoms with E-state index in [1.807, 2.05) is 13.8 Å². The number of anilines is 1. The number of carbonyl (C=O) groups is 1. The standard InChI is InChI=1S/C7H11N3OS/c1-3-9-6(11)5-4(2)12-7(8)10-5/h3H2,1-2H3,(H2,8,10)(H,9,11). The lowest BCUT2D eigenvalue weighted by atomic mass is 10.3. The maximum absolute atomic E-state index is 11.3. The molecule has 0 aromatic carbocycles. The lowest BCUT2D eigenvalue weighted by molar-refractivity contribution is 0.0951. The summed E-state index contributed by atoms with van der Waals surface area (Å²) in [6, 6.07) is 0. The zero-order chi connectivity index (χ0) is 9.14. The molecule has 5 heteroatoms. The molecule has 3 N–H and O–H groups in total. The predicted molar refractivity (Wildman–Crippen MR) is 49.3 cm³/mol. The third-order valence-corrected chi connectivity index (χ3v) is 2.17. The summed E-state index contributed by atoms with van der Waals surface area (Å²) in [6.45, 7) is 4.30. The van der Waals surface area contributed by atoms with E-state index < -0.39 is 0 Å². The molecule has 0 spiro atoms. The van der Waals surface area contributed by atoms with Crippen LogP contribution >= 0.6 is 11.3 Å². The Hall–Kier alpha value is -1.10. The van der Waals surface area contributed by atoms with E-state index in [0.29, 0.717) is 17.4 Å². The molecule has 66 valence electrons. The molecule has 1 aromatic rings. The van der Waals surface area contributed by atoms with Crippen molar-refractivity contribution < 1.29 is 4.79 Å². The molecule has 0 saturated heterocycles. The fourth-order valence-electron chi connectivity index (χ4n) is 0.872. The first-order chi connectivity index (χ1) is 5.65. The fraction of sp³-hybridized carbons (Fsp3) is 0.429. The molecule has 12 heavy (non-hydrogen) atoms. The van der Waals surface area contributed by atoms with Crippen molar-refractivity contribution in [2.45, 2.75) is 13.8 Å². The Morgan fingerprint density at radius 2 is 2.42 bits per heavy atom. The van der Waals surface area contributed by atoms with E-state index in [4.69, 9.17) is 5.73 Å². The molecule has 0 fully saturated rings. The molecule has 0 aliphatic carbocycles. The second-order valence-corrected chi connectivity index (χ2v) is 3.55. The van der Waals surface area contributed by atoms with Crippen LogP contribution in [0.2, 0.25) is 0 Å². The van der Waals surface area contributed by atoms with E-state index in [9.17, 15) is 4.79 Å². The Morgan fingerprint density at radius 1 is 1.75 bits per heavy atom. The highest BCUT2D eigenvalue weighted by atomic mass is 32.1. The summed E-state index contributed by atoms with van der Waals surface area (Å²) in [4.78, 5) is 16.0. The van der Waals surface area contributed by atoms with Gasteiger partial charge in [-0.05, 0) is 13.8 Å². The Morgan fingerprint density at radius 3 is 2.83 bits per heavy atom. The largest absolute Gasteiger partial charge is 0.375 e. The minimum absolute atomic E-state index is 0.150. The van der Waals surface area contributed by atoms with Crippen LogP contribution in [0.1, 0.15) is 22.3 Å². The Labute approximate surface area is 74.8 Å². The van der Waals surface area contributed by atoms with Gasteiger partial charge in [0.25, 0.3) is 5.91 Å². The normalized spacial score (nSPS) is 9.83. The van der Waals surface area contributed by atoms with Gasteiger partial charge >= 0.3 is 0 Å². The van der Waals surface area contributed by atoms with Gasteiger partial charge in [-0.15, -0.1) is 11.3 Å². The molecule has 4 nitrogen and oxygen atoms in total. The Balaban J connectivity index is 2.87. The number of aryl methyl sites for hydroxylation is 1. The zero-order valence-electron chi connectivity index (χ0n) is 7.05. The molecule has 1 heterocycles. The van der Waals surface area contributed by atoms with Crippen LogP contribution in [-0.4, -0.2) is 17.4 Å². The quantitative estimate of drug-likeness (QED) is 0.715. The minimum atomic E-state index is -0.150. The molecule has 1 amide bonds. The molecule has 1 rings (SSSR count). The molecule has 0 aliphatic heterocycles. The van der Waals surface area contributed by atoms with Crippen molar-refractivity contribution in [3.63, 3.8) is 0 Å². The van der Waals surface area contributed by atoms with Gasteiger partial charge in [0.2, 0.25) is 0 Å². The molecule has 0 unspecified atom stereocenters. The summed E-state index contributed by atoms with van der Waals surface area (Å²) in [6.07, 6.45) is 0. The third-order valence-electron chi connectivity index (χ3n) is 1.37. The van der Waals surface area contributed by atoms with E-state index in [2.05, 4.69) is 10.3 Å². The van der Waals surface area contributed by atoms with Crippen LogP contribution in [0.3, 0.4) is 0 Å². The number of hydrogen-bond donors (Lipinski definition) is 2. The first kappa shape index (κ1) is 8.99. The van der Waals surface area contributed by atoms with Crippen molar-refractivity contribution in [1.82, 2.24) is 10.3 Å². The first-order valence-corrected chi connectivity index (χ1v) is 4.48. The van der Waals surface area contributed by atoms with Crippen LogP contribution < -0.4 is 11.1 Å². The second kappa shape index (κ2) is 3.53. The van der Waals surface area contributed by atoms with Gasteiger partial charge in [-0.25, -0.2) is 4.98 Å². The molecule has 0 atom stereocenters. The molecular weight excluding hydrogens is 174 g/mol. The summed E-state index contributed by atoms with van der Waals surface area (Å²) in [7, 11) is 0. The summed E-state index contributed by atoms with van der Waals surface area (Å²) >= 11 is 1.33. The molecule has 1 aromatic heterocycles. The first-order valence-electron chi connectivity index (χ1n) is 3.66. The van der Waals surface area contributed by atoms with Crippen molar-refractivity contribution in [1.29, 1.82) is 0 Å². The van der Waals surface area contributed by atoms with Crippen LogP contribution in [0.25, 0.3) is 0 Å². The number of nitrogens with one attached hydrogen (secondary N) is 1. The van der Waals surface area contributed by atoms with Gasteiger partial charge < -0.3 is 11.1 Å². The van der Waals surface area contributed by atoms with Crippen molar-refractivity contribution in [3.05, 3.63) is 10.6 Å². The van der Waals surface area contributed by atoms with Gasteiger partial charge in [0.1, 0.15) is 5.69 Å². The summed E-state index contributed by atoms with van der Waals surface area (Å²) in [5.41, 5.74) is 5.88. The predicted octanol–water partition coefficient (Wildman–Crippen LogP) is 0.783. The molecule has 0 radical (unpaired) electrons. The number of nitrogens with zero attached hydrogens (tertiary/aromatic N) is 1. The number of rotatable bonds is 2. The third kappa shape index (κ3) is 1.73. The fourth-order valence-corrected chi connectivity index (χ4v) is 1.56. The van der Waals surface area contributed by atoms with Gasteiger partial charge in [-0.1, -0.05) is 0 Å². The van der Waals surface area contributed by atoms with E-state index in [-0.39, 0.29) is 5.91 Å². The number of thiazole rings is 1. The van der Waals surface area contributed by atoms with Gasteiger partial charge in [0, 0.05) is 11.4 Å². The van der Waals surface area contributed by atoms with E-state index >= 15 is 0 Å². The van der Waals surface area contributed by atoms with Gasteiger partial charge in [-0.3, -0.25) is 4.79 Å². The topological polar surface area (TPSA) is 68.0 Å². The van der Waals surface area contributed by atoms with Crippen molar-refractivity contribution in [2.24, 2.45) is 0 Å². The molecule has 0 saturated carbocycles. The highest BCUT2D eigenvalue weighted by Crippen LogP contribution is 2.18. The zero-order valence-corrected chi connectivity index (χ0v) is 7.86. The number of carbonyl (C=O) groups excluding carboxylic acids is 1.